The lowest BCUT2D eigenvalue weighted by molar-refractivity contribution is -0.134. The molecule has 4 nitrogen and oxygen atoms in total. The number of hydrogen-bond donors (Lipinski definition) is 0. The number of piperidine rings is 1. The first-order valence-corrected chi connectivity index (χ1v) is 7.60. The molecule has 22 heavy (non-hydrogen) atoms. The molecule has 1 aliphatic rings. The van der Waals surface area contributed by atoms with Gasteiger partial charge >= 0.3 is 0 Å². The summed E-state index contributed by atoms with van der Waals surface area (Å²) in [4.78, 5) is 14.4. The monoisotopic (exact) mass is 302 g/mol. The van der Waals surface area contributed by atoms with Gasteiger partial charge < -0.3 is 9.42 Å². The fourth-order valence-corrected chi connectivity index (χ4v) is 3.04. The normalized spacial score (nSPS) is 18.5. The Morgan fingerprint density at radius 2 is 2.27 bits per heavy atom. The van der Waals surface area contributed by atoms with Gasteiger partial charge in [0, 0.05) is 12.6 Å². The number of nitrogens with zero attached hydrogens (tertiary/aromatic N) is 2. The molecule has 1 aromatic carbocycles. The molecule has 0 radical (unpaired) electrons. The van der Waals surface area contributed by atoms with Crippen LogP contribution < -0.4 is 0 Å². The largest absolute Gasteiger partial charge is 0.361 e. The molecule has 2 heterocycles. The highest BCUT2D eigenvalue weighted by atomic mass is 19.1. The van der Waals surface area contributed by atoms with E-state index in [9.17, 15) is 9.18 Å². The molecular formula is C17H19FN2O2. The highest BCUT2D eigenvalue weighted by molar-refractivity contribution is 5.78. The second kappa shape index (κ2) is 6.30. The van der Waals surface area contributed by atoms with E-state index in [1.165, 1.54) is 12.1 Å². The van der Waals surface area contributed by atoms with Crippen molar-refractivity contribution in [3.8, 4) is 0 Å². The first-order valence-electron chi connectivity index (χ1n) is 7.60. The molecule has 2 aromatic rings. The van der Waals surface area contributed by atoms with Gasteiger partial charge in [-0.1, -0.05) is 17.3 Å². The third kappa shape index (κ3) is 3.18. The minimum Gasteiger partial charge on any atom is -0.361 e. The highest BCUT2D eigenvalue weighted by Crippen LogP contribution is 2.31. The Bertz CT molecular complexity index is 668. The molecule has 1 aliphatic heterocycles. The average molecular weight is 302 g/mol. The molecule has 0 N–H and O–H groups in total. The lowest BCUT2D eigenvalue weighted by Crippen LogP contribution is -2.39. The zero-order chi connectivity index (χ0) is 15.5. The molecule has 1 atom stereocenters. The number of aromatic nitrogens is 1. The Labute approximate surface area is 128 Å². The Balaban J connectivity index is 1.78. The van der Waals surface area contributed by atoms with Crippen molar-refractivity contribution in [1.82, 2.24) is 10.1 Å². The number of rotatable bonds is 3. The summed E-state index contributed by atoms with van der Waals surface area (Å²) < 4.78 is 18.6. The van der Waals surface area contributed by atoms with Gasteiger partial charge in [0.1, 0.15) is 11.6 Å². The van der Waals surface area contributed by atoms with Crippen LogP contribution in [0.25, 0.3) is 0 Å². The maximum atomic E-state index is 13.5. The lowest BCUT2D eigenvalue weighted by atomic mass is 9.94. The minimum absolute atomic E-state index is 0.00473. The zero-order valence-electron chi connectivity index (χ0n) is 12.6. The molecule has 0 aliphatic carbocycles. The summed E-state index contributed by atoms with van der Waals surface area (Å²) in [5, 5.41) is 3.81. The number of likely N-dealkylation sites (tertiary alicyclic amines) is 1. The van der Waals surface area contributed by atoms with Crippen LogP contribution in [0.15, 0.2) is 34.9 Å². The van der Waals surface area contributed by atoms with Crippen LogP contribution in [0, 0.1) is 12.7 Å². The van der Waals surface area contributed by atoms with Crippen LogP contribution in [0.1, 0.15) is 42.3 Å². The summed E-state index contributed by atoms with van der Waals surface area (Å²) in [5.74, 6) is 0.317. The van der Waals surface area contributed by atoms with Crippen LogP contribution in [0.3, 0.4) is 0 Å². The molecule has 1 fully saturated rings. The van der Waals surface area contributed by atoms with Gasteiger partial charge in [0.25, 0.3) is 0 Å². The highest BCUT2D eigenvalue weighted by Gasteiger charge is 2.28. The van der Waals surface area contributed by atoms with E-state index in [1.807, 2.05) is 17.9 Å². The Morgan fingerprint density at radius 1 is 1.41 bits per heavy atom. The number of amides is 1. The summed E-state index contributed by atoms with van der Waals surface area (Å²) in [6, 6.07) is 8.25. The lowest BCUT2D eigenvalue weighted by Gasteiger charge is -2.36. The fraction of sp³-hybridized carbons (Fsp3) is 0.412. The van der Waals surface area contributed by atoms with Gasteiger partial charge in [0.15, 0.2) is 0 Å². The van der Waals surface area contributed by atoms with Crippen LogP contribution in [0.4, 0.5) is 4.39 Å². The first-order chi connectivity index (χ1) is 10.6. The number of carbonyl (C=O) groups is 1. The Morgan fingerprint density at radius 3 is 3.00 bits per heavy atom. The number of benzene rings is 1. The first kappa shape index (κ1) is 14.8. The molecule has 0 spiro atoms. The summed E-state index contributed by atoms with van der Waals surface area (Å²) in [7, 11) is 0. The van der Waals surface area contributed by atoms with Crippen LogP contribution in [0.2, 0.25) is 0 Å². The van der Waals surface area contributed by atoms with Crippen LogP contribution in [-0.4, -0.2) is 22.5 Å². The fourth-order valence-electron chi connectivity index (χ4n) is 3.04. The third-order valence-corrected chi connectivity index (χ3v) is 4.06. The minimum atomic E-state index is -0.263. The maximum absolute atomic E-state index is 13.5. The van der Waals surface area contributed by atoms with Gasteiger partial charge in [0.2, 0.25) is 5.91 Å². The number of halogens is 1. The zero-order valence-corrected chi connectivity index (χ0v) is 12.6. The predicted molar refractivity (Wildman–Crippen MR) is 79.6 cm³/mol. The average Bonchev–Trinajstić information content (AvgIpc) is 2.92. The van der Waals surface area contributed by atoms with Crippen LogP contribution in [0.5, 0.6) is 0 Å². The standard InChI is InChI=1S/C17H19FN2O2/c1-12-9-15(22-19-12)11-17(21)20-8-3-2-7-16(20)13-5-4-6-14(18)10-13/h4-6,9-10,16H,2-3,7-8,11H2,1H3. The molecule has 5 heteroatoms. The summed E-state index contributed by atoms with van der Waals surface area (Å²) in [6.07, 6.45) is 3.09. The van der Waals surface area contributed by atoms with E-state index >= 15 is 0 Å². The summed E-state index contributed by atoms with van der Waals surface area (Å²) in [6.45, 7) is 2.53. The van der Waals surface area contributed by atoms with Crippen molar-refractivity contribution >= 4 is 5.91 Å². The van der Waals surface area contributed by atoms with Gasteiger partial charge in [-0.3, -0.25) is 4.79 Å². The van der Waals surface area contributed by atoms with E-state index in [1.54, 1.807) is 12.1 Å². The predicted octanol–water partition coefficient (Wildman–Crippen LogP) is 3.42. The quantitative estimate of drug-likeness (QED) is 0.872. The number of carbonyl (C=O) groups excluding carboxylic acids is 1. The smallest absolute Gasteiger partial charge is 0.230 e. The summed E-state index contributed by atoms with van der Waals surface area (Å²) >= 11 is 0. The number of aryl methyl sites for hydroxylation is 1. The van der Waals surface area contributed by atoms with E-state index in [4.69, 9.17) is 4.52 Å². The van der Waals surface area contributed by atoms with Crippen molar-refractivity contribution in [3.63, 3.8) is 0 Å². The molecule has 0 bridgehead atoms. The van der Waals surface area contributed by atoms with Crippen molar-refractivity contribution in [2.24, 2.45) is 0 Å². The van der Waals surface area contributed by atoms with E-state index in [-0.39, 0.29) is 24.2 Å². The van der Waals surface area contributed by atoms with Crippen LogP contribution >= 0.6 is 0 Å². The topological polar surface area (TPSA) is 46.3 Å². The third-order valence-electron chi connectivity index (χ3n) is 4.06. The van der Waals surface area contributed by atoms with Crippen molar-refractivity contribution in [2.45, 2.75) is 38.6 Å². The molecule has 1 saturated heterocycles. The van der Waals surface area contributed by atoms with Gasteiger partial charge in [-0.2, -0.15) is 0 Å². The van der Waals surface area contributed by atoms with Gasteiger partial charge in [0.05, 0.1) is 18.2 Å². The Hall–Kier alpha value is -2.17. The SMILES string of the molecule is Cc1cc(CC(=O)N2CCCCC2c2cccc(F)c2)on1. The molecule has 1 amide bonds. The molecule has 1 unspecified atom stereocenters. The molecular weight excluding hydrogens is 283 g/mol. The Kier molecular flexibility index (Phi) is 4.22. The van der Waals surface area contributed by atoms with Gasteiger partial charge in [-0.05, 0) is 43.9 Å². The second-order valence-corrected chi connectivity index (χ2v) is 5.77. The maximum Gasteiger partial charge on any atom is 0.230 e. The van der Waals surface area contributed by atoms with E-state index in [2.05, 4.69) is 5.16 Å². The van der Waals surface area contributed by atoms with Gasteiger partial charge in [-0.25, -0.2) is 4.39 Å². The molecule has 1 aromatic heterocycles. The van der Waals surface area contributed by atoms with E-state index in [0.717, 1.165) is 30.5 Å². The van der Waals surface area contributed by atoms with Gasteiger partial charge in [-0.15, -0.1) is 0 Å². The van der Waals surface area contributed by atoms with Crippen molar-refractivity contribution in [3.05, 3.63) is 53.2 Å². The second-order valence-electron chi connectivity index (χ2n) is 5.77. The van der Waals surface area contributed by atoms with E-state index < -0.39 is 0 Å². The molecule has 116 valence electrons. The number of hydrogen-bond acceptors (Lipinski definition) is 3. The van der Waals surface area contributed by atoms with Crippen LogP contribution in [-0.2, 0) is 11.2 Å². The summed E-state index contributed by atoms with van der Waals surface area (Å²) in [5.41, 5.74) is 1.63. The van der Waals surface area contributed by atoms with E-state index in [0.29, 0.717) is 12.3 Å². The van der Waals surface area contributed by atoms with Crippen molar-refractivity contribution in [2.75, 3.05) is 6.54 Å². The molecule has 3 rings (SSSR count). The van der Waals surface area contributed by atoms with Crippen molar-refractivity contribution < 1.29 is 13.7 Å². The molecule has 0 saturated carbocycles. The van der Waals surface area contributed by atoms with Crippen molar-refractivity contribution in [1.29, 1.82) is 0 Å².